The van der Waals surface area contributed by atoms with E-state index in [1.165, 1.54) is 16.6 Å². The van der Waals surface area contributed by atoms with Gasteiger partial charge in [-0.05, 0) is 54.6 Å². The molecule has 3 heterocycles. The Morgan fingerprint density at radius 3 is 2.69 bits per heavy atom. The molecule has 0 spiro atoms. The van der Waals surface area contributed by atoms with Gasteiger partial charge in [-0.15, -0.1) is 11.3 Å². The van der Waals surface area contributed by atoms with E-state index in [0.717, 1.165) is 53.1 Å². The number of benzene rings is 2. The van der Waals surface area contributed by atoms with Gasteiger partial charge in [-0.3, -0.25) is 4.79 Å². The smallest absolute Gasteiger partial charge is 0.261 e. The molecular weight excluding hydrogens is 452 g/mol. The molecule has 0 radical (unpaired) electrons. The fraction of sp³-hybridized carbons (Fsp3) is 0.345. The minimum atomic E-state index is -0.0739. The number of carbonyl (C=O) groups excluding carboxylic acids is 1. The summed E-state index contributed by atoms with van der Waals surface area (Å²) in [6.07, 6.45) is 7.12. The number of anilines is 1. The number of aromatic amines is 1. The van der Waals surface area contributed by atoms with Crippen molar-refractivity contribution in [1.82, 2.24) is 15.2 Å². The maximum absolute atomic E-state index is 13.3. The van der Waals surface area contributed by atoms with Crippen molar-refractivity contribution in [1.29, 1.82) is 0 Å². The fourth-order valence-corrected chi connectivity index (χ4v) is 5.69. The topological polar surface area (TPSA) is 51.4 Å². The number of amides is 1. The zero-order chi connectivity index (χ0) is 24.4. The van der Waals surface area contributed by atoms with E-state index in [-0.39, 0.29) is 11.9 Å². The van der Waals surface area contributed by atoms with Crippen molar-refractivity contribution in [2.45, 2.75) is 26.3 Å². The van der Waals surface area contributed by atoms with Gasteiger partial charge in [0, 0.05) is 53.7 Å². The van der Waals surface area contributed by atoms with Crippen molar-refractivity contribution in [3.63, 3.8) is 0 Å². The molecule has 35 heavy (non-hydrogen) atoms. The van der Waals surface area contributed by atoms with Gasteiger partial charge in [0.2, 0.25) is 0 Å². The van der Waals surface area contributed by atoms with Crippen molar-refractivity contribution in [2.75, 3.05) is 38.1 Å². The van der Waals surface area contributed by atoms with E-state index in [2.05, 4.69) is 95.7 Å². The number of hydrogen-bond donors (Lipinski definition) is 2. The Morgan fingerprint density at radius 2 is 1.89 bits per heavy atom. The summed E-state index contributed by atoms with van der Waals surface area (Å²) in [6.45, 7) is 8.56. The van der Waals surface area contributed by atoms with Crippen LogP contribution in [0.5, 0.6) is 0 Å². The summed E-state index contributed by atoms with van der Waals surface area (Å²) in [5, 5.41) is 5.63. The van der Waals surface area contributed by atoms with Crippen LogP contribution in [-0.4, -0.2) is 55.1 Å². The van der Waals surface area contributed by atoms with E-state index in [9.17, 15) is 4.79 Å². The molecule has 2 aromatic heterocycles. The maximum atomic E-state index is 13.3. The first-order chi connectivity index (χ1) is 17.0. The van der Waals surface area contributed by atoms with E-state index < -0.39 is 0 Å². The van der Waals surface area contributed by atoms with Gasteiger partial charge in [0.1, 0.15) is 0 Å². The SMILES string of the molecule is CC(C)C=CC(Cc1c[nH]c2ccccc12)NC(=O)c1cc2ccc(N3CCN(C)CC3)cc2s1. The van der Waals surface area contributed by atoms with Gasteiger partial charge >= 0.3 is 0 Å². The van der Waals surface area contributed by atoms with E-state index in [4.69, 9.17) is 0 Å². The van der Waals surface area contributed by atoms with Crippen LogP contribution in [-0.2, 0) is 6.42 Å². The number of nitrogens with one attached hydrogen (secondary N) is 2. The molecule has 0 aliphatic carbocycles. The third kappa shape index (κ3) is 5.44. The van der Waals surface area contributed by atoms with E-state index in [0.29, 0.717) is 5.92 Å². The van der Waals surface area contributed by atoms with Crippen molar-refractivity contribution in [3.8, 4) is 0 Å². The third-order valence-electron chi connectivity index (χ3n) is 6.76. The number of para-hydroxylation sites is 1. The largest absolute Gasteiger partial charge is 0.369 e. The van der Waals surface area contributed by atoms with Crippen LogP contribution >= 0.6 is 11.3 Å². The van der Waals surface area contributed by atoms with Gasteiger partial charge < -0.3 is 20.1 Å². The summed E-state index contributed by atoms with van der Waals surface area (Å²) in [5.41, 5.74) is 3.59. The quantitative estimate of drug-likeness (QED) is 0.330. The van der Waals surface area contributed by atoms with Crippen molar-refractivity contribution < 1.29 is 4.79 Å². The number of allylic oxidation sites excluding steroid dienone is 1. The molecule has 1 aliphatic rings. The number of likely N-dealkylation sites (N-methyl/N-ethyl adjacent to an activating group) is 1. The summed E-state index contributed by atoms with van der Waals surface area (Å²) in [4.78, 5) is 22.2. The number of hydrogen-bond acceptors (Lipinski definition) is 4. The first-order valence-corrected chi connectivity index (χ1v) is 13.3. The number of thiophene rings is 1. The van der Waals surface area contributed by atoms with Gasteiger partial charge in [0.25, 0.3) is 5.91 Å². The lowest BCUT2D eigenvalue weighted by atomic mass is 10.0. The highest BCUT2D eigenvalue weighted by molar-refractivity contribution is 7.20. The molecule has 4 aromatic rings. The van der Waals surface area contributed by atoms with Gasteiger partial charge in [-0.2, -0.15) is 0 Å². The van der Waals surface area contributed by atoms with Crippen LogP contribution in [0.1, 0.15) is 29.1 Å². The van der Waals surface area contributed by atoms with Crippen LogP contribution in [0.4, 0.5) is 5.69 Å². The number of piperazine rings is 1. The van der Waals surface area contributed by atoms with Crippen LogP contribution in [0.25, 0.3) is 21.0 Å². The van der Waals surface area contributed by atoms with Crippen LogP contribution in [0.3, 0.4) is 0 Å². The van der Waals surface area contributed by atoms with Crippen LogP contribution in [0.15, 0.2) is 66.9 Å². The highest BCUT2D eigenvalue weighted by atomic mass is 32.1. The van der Waals surface area contributed by atoms with E-state index >= 15 is 0 Å². The first-order valence-electron chi connectivity index (χ1n) is 12.5. The Hall–Kier alpha value is -3.09. The van der Waals surface area contributed by atoms with Crippen molar-refractivity contribution >= 4 is 43.9 Å². The normalized spacial score (nSPS) is 16.1. The fourth-order valence-electron chi connectivity index (χ4n) is 4.69. The average molecular weight is 487 g/mol. The molecule has 5 rings (SSSR count). The Balaban J connectivity index is 1.34. The zero-order valence-electron chi connectivity index (χ0n) is 20.8. The number of rotatable bonds is 7. The van der Waals surface area contributed by atoms with Gasteiger partial charge in [0.05, 0.1) is 10.9 Å². The molecule has 0 bridgehead atoms. The molecule has 6 heteroatoms. The second-order valence-electron chi connectivity index (χ2n) is 9.90. The molecule has 2 N–H and O–H groups in total. The standard InChI is InChI=1S/C29H34N4OS/c1-20(2)8-10-23(16-22-19-30-26-7-5-4-6-25(22)26)31-29(34)28-17-21-9-11-24(18-27(21)35-28)33-14-12-32(3)13-15-33/h4-11,17-20,23,30H,12-16H2,1-3H3,(H,31,34). The van der Waals surface area contributed by atoms with Gasteiger partial charge in [0.15, 0.2) is 0 Å². The summed E-state index contributed by atoms with van der Waals surface area (Å²) in [5.74, 6) is 0.417. The Morgan fingerprint density at radius 1 is 1.09 bits per heavy atom. The monoisotopic (exact) mass is 486 g/mol. The lowest BCUT2D eigenvalue weighted by Crippen LogP contribution is -2.44. The molecule has 182 valence electrons. The molecular formula is C29H34N4OS. The second kappa shape index (κ2) is 10.3. The summed E-state index contributed by atoms with van der Waals surface area (Å²) < 4.78 is 1.16. The highest BCUT2D eigenvalue weighted by Crippen LogP contribution is 2.30. The summed E-state index contributed by atoms with van der Waals surface area (Å²) in [6, 6.07) is 16.9. The Bertz CT molecular complexity index is 1340. The van der Waals surface area contributed by atoms with E-state index in [1.54, 1.807) is 11.3 Å². The van der Waals surface area contributed by atoms with Crippen LogP contribution < -0.4 is 10.2 Å². The number of nitrogens with zero attached hydrogens (tertiary/aromatic N) is 2. The predicted molar refractivity (Wildman–Crippen MR) is 149 cm³/mol. The highest BCUT2D eigenvalue weighted by Gasteiger charge is 2.18. The molecule has 1 aliphatic heterocycles. The van der Waals surface area contributed by atoms with Crippen LogP contribution in [0, 0.1) is 5.92 Å². The second-order valence-corrected chi connectivity index (χ2v) is 11.0. The number of H-pyrrole nitrogens is 1. The van der Waals surface area contributed by atoms with Gasteiger partial charge in [-0.25, -0.2) is 0 Å². The van der Waals surface area contributed by atoms with Gasteiger partial charge in [-0.1, -0.05) is 50.3 Å². The van der Waals surface area contributed by atoms with Crippen LogP contribution in [0.2, 0.25) is 0 Å². The number of fused-ring (bicyclic) bond motifs is 2. The van der Waals surface area contributed by atoms with Crippen molar-refractivity contribution in [3.05, 3.63) is 77.3 Å². The summed E-state index contributed by atoms with van der Waals surface area (Å²) in [7, 11) is 2.17. The molecule has 1 fully saturated rings. The minimum Gasteiger partial charge on any atom is -0.369 e. The molecule has 0 saturated carbocycles. The summed E-state index contributed by atoms with van der Waals surface area (Å²) >= 11 is 1.58. The average Bonchev–Trinajstić information content (AvgIpc) is 3.47. The first kappa shape index (κ1) is 23.6. The third-order valence-corrected chi connectivity index (χ3v) is 7.85. The maximum Gasteiger partial charge on any atom is 0.261 e. The van der Waals surface area contributed by atoms with E-state index in [1.807, 2.05) is 12.1 Å². The molecule has 5 nitrogen and oxygen atoms in total. The Labute approximate surface area is 211 Å². The molecule has 1 amide bonds. The number of aromatic nitrogens is 1. The minimum absolute atomic E-state index is 0.00871. The van der Waals surface area contributed by atoms with Crippen molar-refractivity contribution in [2.24, 2.45) is 5.92 Å². The lowest BCUT2D eigenvalue weighted by Gasteiger charge is -2.34. The molecule has 1 unspecified atom stereocenters. The number of carbonyl (C=O) groups is 1. The zero-order valence-corrected chi connectivity index (χ0v) is 21.6. The molecule has 1 atom stereocenters. The molecule has 2 aromatic carbocycles. The predicted octanol–water partition coefficient (Wildman–Crippen LogP) is 5.69. The Kier molecular flexibility index (Phi) is 6.93. The molecule has 1 saturated heterocycles. The lowest BCUT2D eigenvalue weighted by molar-refractivity contribution is 0.0948.